The highest BCUT2D eigenvalue weighted by atomic mass is 16.1. The Hall–Kier alpha value is -1.57. The molecule has 0 aliphatic rings. The number of hydrogen-bond acceptors (Lipinski definition) is 2. The van der Waals surface area contributed by atoms with Gasteiger partial charge in [0.15, 0.2) is 0 Å². The van der Waals surface area contributed by atoms with E-state index >= 15 is 0 Å². The van der Waals surface area contributed by atoms with Crippen LogP contribution in [0.15, 0.2) is 29.8 Å². The van der Waals surface area contributed by atoms with E-state index < -0.39 is 0 Å². The van der Waals surface area contributed by atoms with Crippen molar-refractivity contribution < 1.29 is 4.79 Å². The molecular weight excluding hydrogens is 186 g/mol. The van der Waals surface area contributed by atoms with Gasteiger partial charge in [0.25, 0.3) is 0 Å². The van der Waals surface area contributed by atoms with Crippen LogP contribution in [-0.2, 0) is 4.79 Å². The summed E-state index contributed by atoms with van der Waals surface area (Å²) in [5.74, 6) is 0. The zero-order chi connectivity index (χ0) is 11.4. The highest BCUT2D eigenvalue weighted by Crippen LogP contribution is 2.20. The maximum absolute atomic E-state index is 10.6. The van der Waals surface area contributed by atoms with Crippen LogP contribution in [0.3, 0.4) is 0 Å². The summed E-state index contributed by atoms with van der Waals surface area (Å²) in [4.78, 5) is 12.7. The van der Waals surface area contributed by atoms with E-state index in [0.29, 0.717) is 0 Å². The van der Waals surface area contributed by atoms with E-state index in [2.05, 4.69) is 17.0 Å². The fourth-order valence-corrected chi connectivity index (χ4v) is 1.33. The molecule has 0 amide bonds. The van der Waals surface area contributed by atoms with Gasteiger partial charge in [0, 0.05) is 19.8 Å². The van der Waals surface area contributed by atoms with Crippen molar-refractivity contribution >= 4 is 17.5 Å². The lowest BCUT2D eigenvalue weighted by atomic mass is 10.0. The predicted octanol–water partition coefficient (Wildman–Crippen LogP) is 2.74. The second-order valence-electron chi connectivity index (χ2n) is 3.87. The topological polar surface area (TPSA) is 20.3 Å². The number of nitrogens with zero attached hydrogens (tertiary/aromatic N) is 1. The Morgan fingerprint density at radius 3 is 2.07 bits per heavy atom. The summed E-state index contributed by atoms with van der Waals surface area (Å²) in [6, 6.07) is 8.18. The third-order valence-corrected chi connectivity index (χ3v) is 2.58. The van der Waals surface area contributed by atoms with E-state index in [4.69, 9.17) is 0 Å². The third kappa shape index (κ3) is 2.69. The van der Waals surface area contributed by atoms with Crippen LogP contribution in [-0.4, -0.2) is 20.4 Å². The lowest BCUT2D eigenvalue weighted by Gasteiger charge is -2.13. The molecule has 0 atom stereocenters. The van der Waals surface area contributed by atoms with Gasteiger partial charge in [-0.1, -0.05) is 12.1 Å². The molecule has 0 aliphatic heterocycles. The zero-order valence-electron chi connectivity index (χ0n) is 9.74. The summed E-state index contributed by atoms with van der Waals surface area (Å²) in [5, 5.41) is 0. The average Bonchev–Trinajstić information content (AvgIpc) is 2.27. The van der Waals surface area contributed by atoms with Gasteiger partial charge in [0.05, 0.1) is 0 Å². The standard InChI is InChI=1S/C13H17NO/c1-10(9-15)11(2)12-5-7-13(8-6-12)14(3)4/h5-9H,1-4H3/b11-10+. The van der Waals surface area contributed by atoms with E-state index in [-0.39, 0.29) is 0 Å². The lowest BCUT2D eigenvalue weighted by molar-refractivity contribution is -0.104. The smallest absolute Gasteiger partial charge is 0.146 e. The van der Waals surface area contributed by atoms with Gasteiger partial charge in [0.2, 0.25) is 0 Å². The van der Waals surface area contributed by atoms with E-state index in [1.807, 2.05) is 40.1 Å². The van der Waals surface area contributed by atoms with Crippen LogP contribution in [0.2, 0.25) is 0 Å². The number of benzene rings is 1. The Bertz CT molecular complexity index is 374. The first kappa shape index (κ1) is 11.5. The molecule has 0 fully saturated rings. The molecule has 2 heteroatoms. The minimum Gasteiger partial charge on any atom is -0.378 e. The van der Waals surface area contributed by atoms with Gasteiger partial charge in [-0.2, -0.15) is 0 Å². The molecular formula is C13H17NO. The Morgan fingerprint density at radius 2 is 1.67 bits per heavy atom. The molecule has 0 aliphatic carbocycles. The van der Waals surface area contributed by atoms with Crippen molar-refractivity contribution in [3.8, 4) is 0 Å². The number of carbonyl (C=O) groups is 1. The second kappa shape index (κ2) is 4.78. The van der Waals surface area contributed by atoms with Gasteiger partial charge in [0.1, 0.15) is 6.29 Å². The largest absolute Gasteiger partial charge is 0.378 e. The Kier molecular flexibility index (Phi) is 3.67. The maximum atomic E-state index is 10.6. The molecule has 0 spiro atoms. The Balaban J connectivity index is 3.04. The molecule has 15 heavy (non-hydrogen) atoms. The quantitative estimate of drug-likeness (QED) is 0.556. The predicted molar refractivity (Wildman–Crippen MR) is 65.1 cm³/mol. The van der Waals surface area contributed by atoms with Crippen LogP contribution >= 0.6 is 0 Å². The molecule has 0 N–H and O–H groups in total. The highest BCUT2D eigenvalue weighted by Gasteiger charge is 2.00. The minimum absolute atomic E-state index is 0.785. The van der Waals surface area contributed by atoms with Gasteiger partial charge in [-0.3, -0.25) is 4.79 Å². The summed E-state index contributed by atoms with van der Waals surface area (Å²) in [6.07, 6.45) is 0.898. The van der Waals surface area contributed by atoms with E-state index in [1.165, 1.54) is 0 Å². The van der Waals surface area contributed by atoms with Gasteiger partial charge in [-0.05, 0) is 42.7 Å². The lowest BCUT2D eigenvalue weighted by Crippen LogP contribution is -2.08. The van der Waals surface area contributed by atoms with Crippen LogP contribution in [0.4, 0.5) is 5.69 Å². The molecule has 1 aromatic carbocycles. The first-order valence-corrected chi connectivity index (χ1v) is 4.96. The molecule has 0 radical (unpaired) electrons. The van der Waals surface area contributed by atoms with Crippen LogP contribution in [0.1, 0.15) is 19.4 Å². The van der Waals surface area contributed by atoms with Crippen molar-refractivity contribution in [2.24, 2.45) is 0 Å². The summed E-state index contributed by atoms with van der Waals surface area (Å²) in [6.45, 7) is 3.80. The van der Waals surface area contributed by atoms with Gasteiger partial charge < -0.3 is 4.90 Å². The van der Waals surface area contributed by atoms with Crippen molar-refractivity contribution in [2.75, 3.05) is 19.0 Å². The SMILES string of the molecule is C/C(C=O)=C(/C)c1ccc(N(C)C)cc1. The second-order valence-corrected chi connectivity index (χ2v) is 3.87. The van der Waals surface area contributed by atoms with Crippen LogP contribution in [0.5, 0.6) is 0 Å². The molecule has 0 saturated heterocycles. The van der Waals surface area contributed by atoms with E-state index in [1.54, 1.807) is 0 Å². The molecule has 0 bridgehead atoms. The van der Waals surface area contributed by atoms with Crippen molar-refractivity contribution in [2.45, 2.75) is 13.8 Å². The summed E-state index contributed by atoms with van der Waals surface area (Å²) < 4.78 is 0. The average molecular weight is 203 g/mol. The Morgan fingerprint density at radius 1 is 1.13 bits per heavy atom. The van der Waals surface area contributed by atoms with E-state index in [0.717, 1.165) is 28.7 Å². The van der Waals surface area contributed by atoms with Crippen molar-refractivity contribution in [3.63, 3.8) is 0 Å². The number of rotatable bonds is 3. The first-order valence-electron chi connectivity index (χ1n) is 4.96. The maximum Gasteiger partial charge on any atom is 0.146 e. The minimum atomic E-state index is 0.785. The van der Waals surface area contributed by atoms with Gasteiger partial charge >= 0.3 is 0 Å². The fourth-order valence-electron chi connectivity index (χ4n) is 1.33. The summed E-state index contributed by atoms with van der Waals surface area (Å²) in [7, 11) is 4.02. The molecule has 0 heterocycles. The third-order valence-electron chi connectivity index (χ3n) is 2.58. The molecule has 80 valence electrons. The molecule has 0 unspecified atom stereocenters. The number of carbonyl (C=O) groups excluding carboxylic acids is 1. The van der Waals surface area contributed by atoms with E-state index in [9.17, 15) is 4.79 Å². The molecule has 0 saturated carbocycles. The summed E-state index contributed by atoms with van der Waals surface area (Å²) in [5.41, 5.74) is 4.09. The van der Waals surface area contributed by atoms with Crippen molar-refractivity contribution in [1.82, 2.24) is 0 Å². The zero-order valence-corrected chi connectivity index (χ0v) is 9.74. The van der Waals surface area contributed by atoms with Crippen LogP contribution in [0.25, 0.3) is 5.57 Å². The normalized spacial score (nSPS) is 12.0. The van der Waals surface area contributed by atoms with Crippen LogP contribution < -0.4 is 4.90 Å². The van der Waals surface area contributed by atoms with Crippen molar-refractivity contribution in [3.05, 3.63) is 35.4 Å². The van der Waals surface area contributed by atoms with Gasteiger partial charge in [-0.15, -0.1) is 0 Å². The summed E-state index contributed by atoms with van der Waals surface area (Å²) >= 11 is 0. The fraction of sp³-hybridized carbons (Fsp3) is 0.308. The molecule has 0 aromatic heterocycles. The highest BCUT2D eigenvalue weighted by molar-refractivity contribution is 5.86. The monoisotopic (exact) mass is 203 g/mol. The van der Waals surface area contributed by atoms with Crippen molar-refractivity contribution in [1.29, 1.82) is 0 Å². The molecule has 1 rings (SSSR count). The number of aldehydes is 1. The number of allylic oxidation sites excluding steroid dienone is 2. The van der Waals surface area contributed by atoms with Gasteiger partial charge in [-0.25, -0.2) is 0 Å². The molecule has 2 nitrogen and oxygen atoms in total. The van der Waals surface area contributed by atoms with Crippen LogP contribution in [0, 0.1) is 0 Å². The molecule has 1 aromatic rings. The number of anilines is 1. The first-order chi connectivity index (χ1) is 7.06. The Labute approximate surface area is 91.2 Å². The number of hydrogen-bond donors (Lipinski definition) is 0.